The third-order valence-corrected chi connectivity index (χ3v) is 5.38. The minimum Gasteiger partial charge on any atom is -0.352 e. The van der Waals surface area contributed by atoms with Crippen LogP contribution < -0.4 is 5.32 Å². The lowest BCUT2D eigenvalue weighted by molar-refractivity contribution is -0.127. The summed E-state index contributed by atoms with van der Waals surface area (Å²) in [6, 6.07) is 10.4. The molecule has 0 unspecified atom stereocenters. The van der Waals surface area contributed by atoms with Crippen molar-refractivity contribution in [1.29, 1.82) is 0 Å². The van der Waals surface area contributed by atoms with Crippen molar-refractivity contribution in [3.63, 3.8) is 0 Å². The first-order chi connectivity index (χ1) is 12.2. The summed E-state index contributed by atoms with van der Waals surface area (Å²) >= 11 is 0. The van der Waals surface area contributed by atoms with Crippen LogP contribution in [0.15, 0.2) is 42.7 Å². The maximum atomic E-state index is 12.9. The zero-order valence-corrected chi connectivity index (χ0v) is 14.8. The van der Waals surface area contributed by atoms with Crippen LogP contribution in [0.2, 0.25) is 0 Å². The summed E-state index contributed by atoms with van der Waals surface area (Å²) < 4.78 is 1.87. The molecule has 1 saturated heterocycles. The molecule has 0 spiro atoms. The van der Waals surface area contributed by atoms with Crippen LogP contribution in [0.1, 0.15) is 48.8 Å². The first-order valence-corrected chi connectivity index (χ1v) is 9.28. The Morgan fingerprint density at radius 2 is 1.88 bits per heavy atom. The molecule has 1 saturated carbocycles. The number of nitrogens with one attached hydrogen (secondary N) is 1. The van der Waals surface area contributed by atoms with Gasteiger partial charge in [-0.1, -0.05) is 30.3 Å². The Bertz CT molecular complexity index is 714. The minimum atomic E-state index is -0.170. The Morgan fingerprint density at radius 1 is 1.16 bits per heavy atom. The van der Waals surface area contributed by atoms with Gasteiger partial charge in [-0.3, -0.25) is 14.4 Å². The van der Waals surface area contributed by atoms with Gasteiger partial charge in [0.25, 0.3) is 0 Å². The zero-order valence-electron chi connectivity index (χ0n) is 14.8. The molecular weight excluding hydrogens is 312 g/mol. The molecule has 2 heterocycles. The largest absolute Gasteiger partial charge is 0.352 e. The van der Waals surface area contributed by atoms with E-state index < -0.39 is 0 Å². The molecular formula is C20H26N4O. The number of nitrogens with zero attached hydrogens (tertiary/aromatic N) is 3. The Labute approximate surface area is 149 Å². The summed E-state index contributed by atoms with van der Waals surface area (Å²) in [6.45, 7) is 1.88. The van der Waals surface area contributed by atoms with Gasteiger partial charge in [-0.25, -0.2) is 0 Å². The molecule has 1 aromatic heterocycles. The average Bonchev–Trinajstić information content (AvgIpc) is 3.34. The highest BCUT2D eigenvalue weighted by Crippen LogP contribution is 2.33. The van der Waals surface area contributed by atoms with Crippen LogP contribution in [-0.2, 0) is 11.8 Å². The molecule has 4 rings (SSSR count). The summed E-state index contributed by atoms with van der Waals surface area (Å²) in [5.74, 6) is 0.710. The van der Waals surface area contributed by atoms with Gasteiger partial charge in [0.15, 0.2) is 0 Å². The van der Waals surface area contributed by atoms with E-state index in [9.17, 15) is 4.79 Å². The van der Waals surface area contributed by atoms with Gasteiger partial charge in [0.1, 0.15) is 6.04 Å². The van der Waals surface area contributed by atoms with E-state index in [-0.39, 0.29) is 11.9 Å². The third kappa shape index (κ3) is 3.76. The van der Waals surface area contributed by atoms with Gasteiger partial charge in [0.2, 0.25) is 5.91 Å². The lowest BCUT2D eigenvalue weighted by Crippen LogP contribution is -2.44. The van der Waals surface area contributed by atoms with Crippen molar-refractivity contribution in [2.24, 2.45) is 7.05 Å². The highest BCUT2D eigenvalue weighted by molar-refractivity contribution is 5.83. The van der Waals surface area contributed by atoms with Crippen LogP contribution in [0.4, 0.5) is 0 Å². The molecule has 5 nitrogen and oxygen atoms in total. The molecule has 1 aliphatic carbocycles. The molecule has 0 bridgehead atoms. The summed E-state index contributed by atoms with van der Waals surface area (Å²) in [4.78, 5) is 15.2. The van der Waals surface area contributed by atoms with Crippen molar-refractivity contribution < 1.29 is 4.79 Å². The highest BCUT2D eigenvalue weighted by Gasteiger charge is 2.34. The Morgan fingerprint density at radius 3 is 2.48 bits per heavy atom. The second-order valence-electron chi connectivity index (χ2n) is 7.35. The maximum Gasteiger partial charge on any atom is 0.242 e. The predicted molar refractivity (Wildman–Crippen MR) is 97.1 cm³/mol. The number of carbonyl (C=O) groups is 1. The first-order valence-electron chi connectivity index (χ1n) is 9.28. The third-order valence-electron chi connectivity index (χ3n) is 5.38. The van der Waals surface area contributed by atoms with E-state index in [1.807, 2.05) is 36.1 Å². The molecule has 1 amide bonds. The van der Waals surface area contributed by atoms with Gasteiger partial charge >= 0.3 is 0 Å². The topological polar surface area (TPSA) is 50.2 Å². The van der Waals surface area contributed by atoms with Crippen LogP contribution >= 0.6 is 0 Å². The van der Waals surface area contributed by atoms with Crippen LogP contribution in [0.3, 0.4) is 0 Å². The molecule has 2 aromatic rings. The standard InChI is InChI=1S/C20H26N4O/c1-23-14-17(13-21-23)15-9-11-24(12-10-15)19(16-5-3-2-4-6-16)20(25)22-18-7-8-18/h2-6,13-15,18-19H,7-12H2,1H3,(H,22,25)/t19-/m1/s1. The van der Waals surface area contributed by atoms with Crippen LogP contribution in [-0.4, -0.2) is 39.7 Å². The number of likely N-dealkylation sites (tertiary alicyclic amines) is 1. The molecule has 1 N–H and O–H groups in total. The van der Waals surface area contributed by atoms with Gasteiger partial charge in [-0.05, 0) is 55.8 Å². The molecule has 132 valence electrons. The van der Waals surface area contributed by atoms with Crippen molar-refractivity contribution in [3.8, 4) is 0 Å². The summed E-state index contributed by atoms with van der Waals surface area (Å²) in [7, 11) is 1.96. The summed E-state index contributed by atoms with van der Waals surface area (Å²) in [5.41, 5.74) is 2.42. The number of carbonyl (C=O) groups excluding carboxylic acids is 1. The van der Waals surface area contributed by atoms with Crippen molar-refractivity contribution in [1.82, 2.24) is 20.0 Å². The second-order valence-corrected chi connectivity index (χ2v) is 7.35. The smallest absolute Gasteiger partial charge is 0.242 e. The normalized spacial score (nSPS) is 20.4. The Balaban J connectivity index is 1.47. The fourth-order valence-corrected chi connectivity index (χ4v) is 3.81. The van der Waals surface area contributed by atoms with E-state index in [0.717, 1.165) is 44.3 Å². The molecule has 1 atom stereocenters. The second kappa shape index (κ2) is 7.00. The first kappa shape index (κ1) is 16.3. The fraction of sp³-hybridized carbons (Fsp3) is 0.500. The lowest BCUT2D eigenvalue weighted by Gasteiger charge is -2.37. The highest BCUT2D eigenvalue weighted by atomic mass is 16.2. The summed E-state index contributed by atoms with van der Waals surface area (Å²) in [5, 5.41) is 7.50. The SMILES string of the molecule is Cn1cc(C2CCN([C@@H](C(=O)NC3CC3)c3ccccc3)CC2)cn1. The van der Waals surface area contributed by atoms with E-state index in [2.05, 4.69) is 33.6 Å². The van der Waals surface area contributed by atoms with Gasteiger partial charge in [0, 0.05) is 19.3 Å². The number of aryl methyl sites for hydroxylation is 1. The molecule has 25 heavy (non-hydrogen) atoms. The zero-order chi connectivity index (χ0) is 17.2. The minimum absolute atomic E-state index is 0.161. The van der Waals surface area contributed by atoms with Crippen molar-refractivity contribution in [2.75, 3.05) is 13.1 Å². The number of piperidine rings is 1. The van der Waals surface area contributed by atoms with Crippen LogP contribution in [0.25, 0.3) is 0 Å². The van der Waals surface area contributed by atoms with E-state index in [1.165, 1.54) is 5.56 Å². The number of rotatable bonds is 5. The van der Waals surface area contributed by atoms with Crippen molar-refractivity contribution in [2.45, 2.75) is 43.7 Å². The number of hydrogen-bond donors (Lipinski definition) is 1. The Kier molecular flexibility index (Phi) is 4.57. The molecule has 2 fully saturated rings. The van der Waals surface area contributed by atoms with Crippen LogP contribution in [0, 0.1) is 0 Å². The summed E-state index contributed by atoms with van der Waals surface area (Å²) in [6.07, 6.45) is 8.49. The van der Waals surface area contributed by atoms with E-state index >= 15 is 0 Å². The monoisotopic (exact) mass is 338 g/mol. The molecule has 1 aromatic carbocycles. The average molecular weight is 338 g/mol. The molecule has 1 aliphatic heterocycles. The molecule has 0 radical (unpaired) electrons. The number of benzene rings is 1. The predicted octanol–water partition coefficient (Wildman–Crippen LogP) is 2.62. The van der Waals surface area contributed by atoms with E-state index in [4.69, 9.17) is 0 Å². The fourth-order valence-electron chi connectivity index (χ4n) is 3.81. The van der Waals surface area contributed by atoms with Crippen molar-refractivity contribution in [3.05, 3.63) is 53.9 Å². The van der Waals surface area contributed by atoms with Crippen molar-refractivity contribution >= 4 is 5.91 Å². The van der Waals surface area contributed by atoms with E-state index in [0.29, 0.717) is 12.0 Å². The van der Waals surface area contributed by atoms with Gasteiger partial charge in [-0.15, -0.1) is 0 Å². The lowest BCUT2D eigenvalue weighted by atomic mass is 9.90. The van der Waals surface area contributed by atoms with E-state index in [1.54, 1.807) is 0 Å². The number of amides is 1. The maximum absolute atomic E-state index is 12.9. The molecule has 5 heteroatoms. The molecule has 2 aliphatic rings. The Hall–Kier alpha value is -2.14. The van der Waals surface area contributed by atoms with Gasteiger partial charge in [-0.2, -0.15) is 5.10 Å². The quantitative estimate of drug-likeness (QED) is 0.912. The van der Waals surface area contributed by atoms with Gasteiger partial charge < -0.3 is 5.32 Å². The number of aromatic nitrogens is 2. The number of hydrogen-bond acceptors (Lipinski definition) is 3. The van der Waals surface area contributed by atoms with Gasteiger partial charge in [0.05, 0.1) is 6.20 Å². The van der Waals surface area contributed by atoms with Crippen LogP contribution in [0.5, 0.6) is 0 Å².